The standard InChI is InChI=1S/C16H20N2O3S/c1-4-13-9-17-16(22-13)10(2)18-15(20)14(19)11-6-5-7-12(8-11)21-3/h5-10,14,19H,4H2,1-3H3,(H,18,20). The van der Waals surface area contributed by atoms with Crippen molar-refractivity contribution in [3.8, 4) is 5.75 Å². The second kappa shape index (κ2) is 7.38. The number of nitrogens with zero attached hydrogens (tertiary/aromatic N) is 1. The maximum Gasteiger partial charge on any atom is 0.254 e. The summed E-state index contributed by atoms with van der Waals surface area (Å²) in [6.45, 7) is 3.92. The van der Waals surface area contributed by atoms with Crippen molar-refractivity contribution in [1.82, 2.24) is 10.3 Å². The predicted molar refractivity (Wildman–Crippen MR) is 86.0 cm³/mol. The van der Waals surface area contributed by atoms with Gasteiger partial charge >= 0.3 is 0 Å². The number of nitrogens with one attached hydrogen (secondary N) is 1. The fraction of sp³-hybridized carbons (Fsp3) is 0.375. The number of hydrogen-bond donors (Lipinski definition) is 2. The molecule has 0 radical (unpaired) electrons. The molecule has 0 saturated carbocycles. The number of benzene rings is 1. The van der Waals surface area contributed by atoms with E-state index in [-0.39, 0.29) is 6.04 Å². The lowest BCUT2D eigenvalue weighted by atomic mass is 10.1. The van der Waals surface area contributed by atoms with Crippen molar-refractivity contribution in [1.29, 1.82) is 0 Å². The van der Waals surface area contributed by atoms with E-state index in [1.54, 1.807) is 42.7 Å². The van der Waals surface area contributed by atoms with Crippen molar-refractivity contribution >= 4 is 17.2 Å². The first-order valence-corrected chi connectivity index (χ1v) is 7.93. The summed E-state index contributed by atoms with van der Waals surface area (Å²) >= 11 is 1.57. The Hall–Kier alpha value is -1.92. The molecule has 1 aromatic heterocycles. The molecule has 2 N–H and O–H groups in total. The number of aromatic nitrogens is 1. The second-order valence-corrected chi connectivity index (χ2v) is 6.07. The number of rotatable bonds is 6. The quantitative estimate of drug-likeness (QED) is 0.858. The molecule has 22 heavy (non-hydrogen) atoms. The van der Waals surface area contributed by atoms with E-state index in [0.29, 0.717) is 11.3 Å². The maximum atomic E-state index is 12.2. The highest BCUT2D eigenvalue weighted by molar-refractivity contribution is 7.11. The molecule has 0 fully saturated rings. The number of hydrogen-bond acceptors (Lipinski definition) is 5. The van der Waals surface area contributed by atoms with Crippen LogP contribution in [0.1, 0.15) is 41.4 Å². The normalized spacial score (nSPS) is 13.5. The van der Waals surface area contributed by atoms with Gasteiger partial charge in [0.15, 0.2) is 6.10 Å². The molecule has 2 unspecified atom stereocenters. The molecule has 0 aliphatic carbocycles. The van der Waals surface area contributed by atoms with Crippen LogP contribution >= 0.6 is 11.3 Å². The van der Waals surface area contributed by atoms with Crippen LogP contribution in [0.5, 0.6) is 5.75 Å². The minimum Gasteiger partial charge on any atom is -0.497 e. The lowest BCUT2D eigenvalue weighted by Crippen LogP contribution is -2.31. The largest absolute Gasteiger partial charge is 0.497 e. The summed E-state index contributed by atoms with van der Waals surface area (Å²) in [5.41, 5.74) is 0.498. The zero-order chi connectivity index (χ0) is 16.1. The zero-order valence-corrected chi connectivity index (χ0v) is 13.7. The number of carbonyl (C=O) groups excluding carboxylic acids is 1. The van der Waals surface area contributed by atoms with Crippen LogP contribution in [0.3, 0.4) is 0 Å². The molecule has 0 aliphatic rings. The fourth-order valence-corrected chi connectivity index (χ4v) is 2.86. The monoisotopic (exact) mass is 320 g/mol. The van der Waals surface area contributed by atoms with Crippen LogP contribution in [-0.2, 0) is 11.2 Å². The number of ether oxygens (including phenoxy) is 1. The SMILES string of the molecule is CCc1cnc(C(C)NC(=O)C(O)c2cccc(OC)c2)s1. The van der Waals surface area contributed by atoms with Gasteiger partial charge in [-0.25, -0.2) is 4.98 Å². The summed E-state index contributed by atoms with van der Waals surface area (Å²) in [4.78, 5) is 17.7. The Kier molecular flexibility index (Phi) is 5.51. The van der Waals surface area contributed by atoms with Crippen molar-refractivity contribution < 1.29 is 14.6 Å². The van der Waals surface area contributed by atoms with Crippen LogP contribution in [0.2, 0.25) is 0 Å². The number of aryl methyl sites for hydroxylation is 1. The van der Waals surface area contributed by atoms with Crippen molar-refractivity contribution in [2.45, 2.75) is 32.4 Å². The molecule has 6 heteroatoms. The molecule has 1 aromatic carbocycles. The Bertz CT molecular complexity index is 642. The predicted octanol–water partition coefficient (Wildman–Crippen LogP) is 2.62. The summed E-state index contributed by atoms with van der Waals surface area (Å²) in [6.07, 6.45) is 1.51. The van der Waals surface area contributed by atoms with E-state index in [9.17, 15) is 9.90 Å². The molecule has 2 rings (SSSR count). The summed E-state index contributed by atoms with van der Waals surface area (Å²) < 4.78 is 5.10. The van der Waals surface area contributed by atoms with Gasteiger partial charge in [-0.15, -0.1) is 11.3 Å². The van der Waals surface area contributed by atoms with Crippen molar-refractivity contribution in [2.75, 3.05) is 7.11 Å². The van der Waals surface area contributed by atoms with Gasteiger partial charge in [-0.3, -0.25) is 4.79 Å². The molecular formula is C16H20N2O3S. The number of thiazole rings is 1. The fourth-order valence-electron chi connectivity index (χ4n) is 2.00. The number of amides is 1. The molecule has 5 nitrogen and oxygen atoms in total. The highest BCUT2D eigenvalue weighted by Crippen LogP contribution is 2.23. The van der Waals surface area contributed by atoms with E-state index >= 15 is 0 Å². The van der Waals surface area contributed by atoms with E-state index < -0.39 is 12.0 Å². The summed E-state index contributed by atoms with van der Waals surface area (Å²) in [6, 6.07) is 6.60. The van der Waals surface area contributed by atoms with Crippen molar-refractivity contribution in [3.05, 3.63) is 45.9 Å². The Morgan fingerprint density at radius 2 is 2.27 bits per heavy atom. The van der Waals surface area contributed by atoms with Gasteiger partial charge in [0.1, 0.15) is 10.8 Å². The van der Waals surface area contributed by atoms with Crippen LogP contribution < -0.4 is 10.1 Å². The van der Waals surface area contributed by atoms with Gasteiger partial charge in [0, 0.05) is 11.1 Å². The Morgan fingerprint density at radius 1 is 1.50 bits per heavy atom. The Morgan fingerprint density at radius 3 is 2.91 bits per heavy atom. The van der Waals surface area contributed by atoms with E-state index in [2.05, 4.69) is 17.2 Å². The van der Waals surface area contributed by atoms with Crippen LogP contribution in [0, 0.1) is 0 Å². The smallest absolute Gasteiger partial charge is 0.254 e. The highest BCUT2D eigenvalue weighted by atomic mass is 32.1. The average Bonchev–Trinajstić information content (AvgIpc) is 3.03. The van der Waals surface area contributed by atoms with Crippen LogP contribution in [0.25, 0.3) is 0 Å². The van der Waals surface area contributed by atoms with Crippen molar-refractivity contribution in [2.24, 2.45) is 0 Å². The molecule has 0 spiro atoms. The lowest BCUT2D eigenvalue weighted by molar-refractivity contribution is -0.130. The van der Waals surface area contributed by atoms with Crippen LogP contribution in [0.15, 0.2) is 30.5 Å². The van der Waals surface area contributed by atoms with E-state index in [1.807, 2.05) is 13.1 Å². The van der Waals surface area contributed by atoms with Gasteiger partial charge in [-0.05, 0) is 31.0 Å². The van der Waals surface area contributed by atoms with Gasteiger partial charge in [-0.2, -0.15) is 0 Å². The lowest BCUT2D eigenvalue weighted by Gasteiger charge is -2.16. The molecule has 0 bridgehead atoms. The molecule has 1 heterocycles. The third-order valence-electron chi connectivity index (χ3n) is 3.31. The summed E-state index contributed by atoms with van der Waals surface area (Å²) in [5, 5.41) is 13.8. The first kappa shape index (κ1) is 16.5. The number of aliphatic hydroxyl groups excluding tert-OH is 1. The summed E-state index contributed by atoms with van der Waals surface area (Å²) in [7, 11) is 1.54. The Labute approximate surface area is 134 Å². The first-order chi connectivity index (χ1) is 10.5. The maximum absolute atomic E-state index is 12.2. The Balaban J connectivity index is 2.04. The highest BCUT2D eigenvalue weighted by Gasteiger charge is 2.21. The molecule has 0 saturated heterocycles. The molecule has 2 aromatic rings. The van der Waals surface area contributed by atoms with Gasteiger partial charge in [-0.1, -0.05) is 19.1 Å². The molecule has 2 atom stereocenters. The molecule has 118 valence electrons. The van der Waals surface area contributed by atoms with Gasteiger partial charge in [0.25, 0.3) is 5.91 Å². The van der Waals surface area contributed by atoms with E-state index in [1.165, 1.54) is 4.88 Å². The van der Waals surface area contributed by atoms with Crippen LogP contribution in [-0.4, -0.2) is 23.1 Å². The number of methoxy groups -OCH3 is 1. The third-order valence-corrected chi connectivity index (χ3v) is 4.63. The summed E-state index contributed by atoms with van der Waals surface area (Å²) in [5.74, 6) is 0.152. The second-order valence-electron chi connectivity index (χ2n) is 4.93. The van der Waals surface area contributed by atoms with Crippen LogP contribution in [0.4, 0.5) is 0 Å². The third kappa shape index (κ3) is 3.84. The molecule has 0 aliphatic heterocycles. The minimum absolute atomic E-state index is 0.238. The number of aliphatic hydroxyl groups is 1. The van der Waals surface area contributed by atoms with Gasteiger partial charge < -0.3 is 15.2 Å². The molecular weight excluding hydrogens is 300 g/mol. The zero-order valence-electron chi connectivity index (χ0n) is 12.9. The molecule has 1 amide bonds. The van der Waals surface area contributed by atoms with E-state index in [0.717, 1.165) is 11.4 Å². The van der Waals surface area contributed by atoms with Crippen molar-refractivity contribution in [3.63, 3.8) is 0 Å². The number of carbonyl (C=O) groups is 1. The minimum atomic E-state index is -1.23. The first-order valence-electron chi connectivity index (χ1n) is 7.12. The topological polar surface area (TPSA) is 71.5 Å². The van der Waals surface area contributed by atoms with Gasteiger partial charge in [0.2, 0.25) is 0 Å². The average molecular weight is 320 g/mol. The van der Waals surface area contributed by atoms with Gasteiger partial charge in [0.05, 0.1) is 13.2 Å². The van der Waals surface area contributed by atoms with E-state index in [4.69, 9.17) is 4.74 Å².